The van der Waals surface area contributed by atoms with Gasteiger partial charge in [0, 0.05) is 57.5 Å². The maximum Gasteiger partial charge on any atom is 0.284 e. The topological polar surface area (TPSA) is 192 Å². The molecule has 0 saturated carbocycles. The molecule has 0 fully saturated rings. The maximum absolute atomic E-state index is 13.4. The molecule has 0 amide bonds. The molecule has 0 spiro atoms. The summed E-state index contributed by atoms with van der Waals surface area (Å²) in [6.45, 7) is -0.0962. The van der Waals surface area contributed by atoms with Crippen LogP contribution >= 0.6 is 0 Å². The van der Waals surface area contributed by atoms with Crippen molar-refractivity contribution in [1.29, 1.82) is 0 Å². The average Bonchev–Trinajstić information content (AvgIpc) is 4.00. The van der Waals surface area contributed by atoms with Crippen molar-refractivity contribution in [2.45, 2.75) is 6.54 Å². The van der Waals surface area contributed by atoms with E-state index in [1.807, 2.05) is 55.6 Å². The predicted molar refractivity (Wildman–Crippen MR) is 224 cm³/mol. The number of anilines is 2. The number of imidazole rings is 2. The fraction of sp³-hybridized carbons (Fsp3) is 0.220. The Kier molecular flexibility index (Phi) is 11.0. The molecule has 17 heteroatoms. The number of aliphatic hydroxyl groups excluding tert-OH is 1. The van der Waals surface area contributed by atoms with Gasteiger partial charge in [-0.2, -0.15) is 0 Å². The smallest absolute Gasteiger partial charge is 0.284 e. The number of nitrogens with zero attached hydrogens (tertiary/aromatic N) is 6. The summed E-state index contributed by atoms with van der Waals surface area (Å²) in [7, 11) is 11.6. The van der Waals surface area contributed by atoms with Crippen LogP contribution in [0.5, 0.6) is 23.0 Å². The first-order valence-corrected chi connectivity index (χ1v) is 18.2. The van der Waals surface area contributed by atoms with E-state index in [-0.39, 0.29) is 24.3 Å². The molecule has 0 saturated heterocycles. The Morgan fingerprint density at radius 3 is 1.47 bits per heavy atom. The molecule has 0 unspecified atom stereocenters. The number of benzene rings is 4. The molecular formula is C41H44N10O7. The van der Waals surface area contributed by atoms with Gasteiger partial charge in [-0.05, 0) is 24.3 Å². The lowest BCUT2D eigenvalue weighted by atomic mass is 10.2. The van der Waals surface area contributed by atoms with Gasteiger partial charge >= 0.3 is 0 Å². The molecule has 4 heterocycles. The number of methoxy groups -OCH3 is 4. The van der Waals surface area contributed by atoms with E-state index in [9.17, 15) is 14.7 Å². The first-order valence-electron chi connectivity index (χ1n) is 18.2. The quantitative estimate of drug-likeness (QED) is 0.112. The van der Waals surface area contributed by atoms with E-state index in [2.05, 4.69) is 30.6 Å². The average molecular weight is 789 g/mol. The Balaban J connectivity index is 0.000000177. The van der Waals surface area contributed by atoms with E-state index in [0.29, 0.717) is 68.8 Å². The molecule has 58 heavy (non-hydrogen) atoms. The number of aromatic amines is 2. The molecule has 4 aromatic carbocycles. The number of fused-ring (bicyclic) bond motifs is 2. The van der Waals surface area contributed by atoms with Crippen LogP contribution in [0.15, 0.2) is 94.5 Å². The second-order valence-corrected chi connectivity index (χ2v) is 12.9. The van der Waals surface area contributed by atoms with Crippen LogP contribution in [-0.2, 0) is 13.6 Å². The van der Waals surface area contributed by atoms with Crippen LogP contribution in [0.3, 0.4) is 0 Å². The summed E-state index contributed by atoms with van der Waals surface area (Å²) in [6, 6.07) is 25.9. The Labute approximate surface area is 332 Å². The number of rotatable bonds is 12. The summed E-state index contributed by atoms with van der Waals surface area (Å²) in [5, 5.41) is 15.8. The van der Waals surface area contributed by atoms with Crippen molar-refractivity contribution in [3.8, 4) is 57.1 Å². The standard InChI is InChI=1S/C21H23N5O4.C20H21N5O3/c1-22-20-18(19-23-16-6-4-5-7-17(16)24-19)21(28)25(8-9-27)26(20)13-10-14(29-2)12-15(11-13)30-3;1-21-19-17(18-22-15-7-5-6-8-16(15)23-18)20(26)25(24(19)2)12-9-13(27-3)11-14(10-12)28-4/h4-7,10-12,22,27H,8-9H2,1-3H3,(H,23,24);5-11,21H,1-4H3,(H,22,23). The van der Waals surface area contributed by atoms with Crippen molar-refractivity contribution in [3.63, 3.8) is 0 Å². The third-order valence-corrected chi connectivity index (χ3v) is 9.60. The van der Waals surface area contributed by atoms with Crippen LogP contribution in [0.25, 0.3) is 56.2 Å². The van der Waals surface area contributed by atoms with Crippen LogP contribution in [0.4, 0.5) is 11.6 Å². The van der Waals surface area contributed by atoms with Gasteiger partial charge in [0.25, 0.3) is 11.1 Å². The van der Waals surface area contributed by atoms with Gasteiger partial charge in [0.1, 0.15) is 57.4 Å². The molecule has 8 rings (SSSR count). The van der Waals surface area contributed by atoms with Gasteiger partial charge in [-0.3, -0.25) is 14.3 Å². The van der Waals surface area contributed by atoms with Gasteiger partial charge in [-0.25, -0.2) is 24.0 Å². The molecule has 0 aliphatic rings. The minimum Gasteiger partial charge on any atom is -0.497 e. The van der Waals surface area contributed by atoms with Crippen LogP contribution in [0, 0.1) is 0 Å². The number of aromatic nitrogens is 8. The zero-order valence-corrected chi connectivity index (χ0v) is 33.1. The minimum absolute atomic E-state index is 0.104. The second-order valence-electron chi connectivity index (χ2n) is 12.9. The van der Waals surface area contributed by atoms with E-state index in [4.69, 9.17) is 18.9 Å². The lowest BCUT2D eigenvalue weighted by Gasteiger charge is -2.16. The van der Waals surface area contributed by atoms with E-state index < -0.39 is 0 Å². The number of H-pyrrole nitrogens is 2. The number of para-hydroxylation sites is 4. The fourth-order valence-electron chi connectivity index (χ4n) is 6.92. The molecular weight excluding hydrogens is 745 g/mol. The van der Waals surface area contributed by atoms with E-state index in [1.165, 1.54) is 4.68 Å². The third-order valence-electron chi connectivity index (χ3n) is 9.60. The molecule has 0 aliphatic heterocycles. The van der Waals surface area contributed by atoms with Crippen molar-refractivity contribution < 1.29 is 24.1 Å². The highest BCUT2D eigenvalue weighted by Crippen LogP contribution is 2.32. The van der Waals surface area contributed by atoms with Crippen LogP contribution in [-0.4, -0.2) is 92.9 Å². The molecule has 17 nitrogen and oxygen atoms in total. The second kappa shape index (κ2) is 16.4. The first kappa shape index (κ1) is 38.9. The maximum atomic E-state index is 13.4. The molecule has 0 atom stereocenters. The summed E-state index contributed by atoms with van der Waals surface area (Å²) in [4.78, 5) is 42.4. The lowest BCUT2D eigenvalue weighted by Crippen LogP contribution is -2.24. The van der Waals surface area contributed by atoms with Crippen molar-refractivity contribution in [1.82, 2.24) is 38.7 Å². The van der Waals surface area contributed by atoms with E-state index in [0.717, 1.165) is 22.1 Å². The molecule has 0 bridgehead atoms. The zero-order valence-electron chi connectivity index (χ0n) is 33.1. The Morgan fingerprint density at radius 2 is 1.05 bits per heavy atom. The van der Waals surface area contributed by atoms with Crippen LogP contribution in [0.2, 0.25) is 0 Å². The lowest BCUT2D eigenvalue weighted by molar-refractivity contribution is 0.262. The summed E-state index contributed by atoms with van der Waals surface area (Å²) >= 11 is 0. The normalized spacial score (nSPS) is 11.0. The number of aliphatic hydroxyl groups is 1. The van der Waals surface area contributed by atoms with Gasteiger partial charge in [-0.15, -0.1) is 0 Å². The van der Waals surface area contributed by atoms with Crippen molar-refractivity contribution in [2.75, 3.05) is 59.8 Å². The molecule has 8 aromatic rings. The Hall–Kier alpha value is -7.40. The minimum atomic E-state index is -0.283. The van der Waals surface area contributed by atoms with Crippen molar-refractivity contribution in [2.24, 2.45) is 7.05 Å². The fourth-order valence-corrected chi connectivity index (χ4v) is 6.92. The number of hydrogen-bond acceptors (Lipinski definition) is 11. The van der Waals surface area contributed by atoms with Gasteiger partial charge in [0.2, 0.25) is 0 Å². The Bertz CT molecular complexity index is 2750. The summed E-state index contributed by atoms with van der Waals surface area (Å²) < 4.78 is 27.9. The summed E-state index contributed by atoms with van der Waals surface area (Å²) in [6.07, 6.45) is 0. The zero-order chi connectivity index (χ0) is 41.1. The van der Waals surface area contributed by atoms with Crippen molar-refractivity contribution >= 4 is 33.7 Å². The monoisotopic (exact) mass is 788 g/mol. The largest absolute Gasteiger partial charge is 0.497 e. The molecule has 5 N–H and O–H groups in total. The highest BCUT2D eigenvalue weighted by Gasteiger charge is 2.26. The number of ether oxygens (including phenoxy) is 4. The van der Waals surface area contributed by atoms with Crippen LogP contribution < -0.4 is 40.7 Å². The Morgan fingerprint density at radius 1 is 0.621 bits per heavy atom. The first-order chi connectivity index (χ1) is 28.2. The molecule has 0 aliphatic carbocycles. The van der Waals surface area contributed by atoms with Gasteiger partial charge in [0.15, 0.2) is 0 Å². The van der Waals surface area contributed by atoms with E-state index >= 15 is 0 Å². The van der Waals surface area contributed by atoms with Gasteiger partial charge in [-0.1, -0.05) is 24.3 Å². The molecule has 4 aromatic heterocycles. The predicted octanol–water partition coefficient (Wildman–Crippen LogP) is 5.01. The van der Waals surface area contributed by atoms with Crippen molar-refractivity contribution in [3.05, 3.63) is 106 Å². The molecule has 300 valence electrons. The van der Waals surface area contributed by atoms with Crippen LogP contribution in [0.1, 0.15) is 0 Å². The SMILES string of the molecule is CNc1c(-c2nc3ccccc3[nH]2)c(=O)n(-c2cc(OC)cc(OC)c2)n1C.CNc1c(-c2nc3ccccc3[nH]2)c(=O)n(CCO)n1-c1cc(OC)cc(OC)c1. The third kappa shape index (κ3) is 6.98. The highest BCUT2D eigenvalue weighted by atomic mass is 16.5. The number of nitrogens with one attached hydrogen (secondary N) is 4. The molecule has 0 radical (unpaired) electrons. The summed E-state index contributed by atoms with van der Waals surface area (Å²) in [5.41, 5.74) is 4.89. The van der Waals surface area contributed by atoms with Gasteiger partial charge in [0.05, 0.1) is 75.0 Å². The number of hydrogen-bond donors (Lipinski definition) is 5. The highest BCUT2D eigenvalue weighted by molar-refractivity contribution is 5.83. The summed E-state index contributed by atoms with van der Waals surface area (Å²) in [5.74, 6) is 4.48. The van der Waals surface area contributed by atoms with Gasteiger partial charge < -0.3 is 44.7 Å². The van der Waals surface area contributed by atoms with E-state index in [1.54, 1.807) is 93.0 Å².